The van der Waals surface area contributed by atoms with E-state index in [0.717, 1.165) is 12.8 Å². The van der Waals surface area contributed by atoms with Crippen LogP contribution in [-0.4, -0.2) is 53.2 Å². The van der Waals surface area contributed by atoms with Crippen LogP contribution in [0.1, 0.15) is 25.3 Å². The second-order valence-corrected chi connectivity index (χ2v) is 10.4. The minimum absolute atomic E-state index is 0.000873. The van der Waals surface area contributed by atoms with Gasteiger partial charge >= 0.3 is 0 Å². The fourth-order valence-electron chi connectivity index (χ4n) is 6.08. The molecule has 0 radical (unpaired) electrons. The third-order valence-electron chi connectivity index (χ3n) is 7.72. The molecule has 2 aromatic heterocycles. The molecule has 198 valence electrons. The standard InChI is InChI=1S/C28H27ClF2N4O3/c1-3-18-21(30)5-4-15-8-17(38-13-37-2)9-19(23(15)18)25-24(31)26-20(10-32-25)27(34-28(29)33-26)35-11-14-6-16(12-35)22(36)7-14/h4-5,8-10,14,16,22,36H,3,6-7,11-13H2,1-2H3/t14-,16-,22-/m1/s1. The summed E-state index contributed by atoms with van der Waals surface area (Å²) in [6.07, 6.45) is 3.33. The number of fused-ring (bicyclic) bond motifs is 4. The van der Waals surface area contributed by atoms with Gasteiger partial charge in [0, 0.05) is 37.9 Å². The van der Waals surface area contributed by atoms with Crippen molar-refractivity contribution < 1.29 is 23.4 Å². The summed E-state index contributed by atoms with van der Waals surface area (Å²) < 4.78 is 41.9. The van der Waals surface area contributed by atoms with Crippen molar-refractivity contribution in [1.82, 2.24) is 15.0 Å². The maximum Gasteiger partial charge on any atom is 0.225 e. The van der Waals surface area contributed by atoms with Crippen molar-refractivity contribution in [2.24, 2.45) is 11.8 Å². The number of piperidine rings is 1. The van der Waals surface area contributed by atoms with Crippen LogP contribution in [0.25, 0.3) is 32.9 Å². The van der Waals surface area contributed by atoms with E-state index in [2.05, 4.69) is 15.0 Å². The molecular weight excluding hydrogens is 514 g/mol. The predicted molar refractivity (Wildman–Crippen MR) is 142 cm³/mol. The van der Waals surface area contributed by atoms with Crippen molar-refractivity contribution in [2.75, 3.05) is 31.9 Å². The Morgan fingerprint density at radius 3 is 2.76 bits per heavy atom. The lowest BCUT2D eigenvalue weighted by atomic mass is 9.94. The monoisotopic (exact) mass is 540 g/mol. The van der Waals surface area contributed by atoms with E-state index in [1.165, 1.54) is 13.2 Å². The first-order chi connectivity index (χ1) is 18.4. The van der Waals surface area contributed by atoms with Crippen molar-refractivity contribution in [3.63, 3.8) is 0 Å². The van der Waals surface area contributed by atoms with Crippen molar-refractivity contribution in [1.29, 1.82) is 0 Å². The van der Waals surface area contributed by atoms with Gasteiger partial charge in [0.1, 0.15) is 28.6 Å². The van der Waals surface area contributed by atoms with Crippen molar-refractivity contribution >= 4 is 39.1 Å². The van der Waals surface area contributed by atoms with Crippen molar-refractivity contribution in [3.8, 4) is 17.0 Å². The zero-order valence-electron chi connectivity index (χ0n) is 21.0. The first kappa shape index (κ1) is 25.2. The first-order valence-electron chi connectivity index (χ1n) is 12.7. The lowest BCUT2D eigenvalue weighted by molar-refractivity contribution is 0.0512. The Bertz CT molecular complexity index is 1550. The number of ether oxygens (including phenoxy) is 2. The number of hydrogen-bond acceptors (Lipinski definition) is 7. The Hall–Kier alpha value is -3.14. The SMILES string of the molecule is CCc1c(F)ccc2cc(OCOC)cc(-c3ncc4c(N5C[C@@H]6C[C@H](C5)[C@H](O)C6)nc(Cl)nc4c3F)c12. The Morgan fingerprint density at radius 2 is 2.00 bits per heavy atom. The number of pyridine rings is 1. The molecule has 1 aliphatic heterocycles. The highest BCUT2D eigenvalue weighted by atomic mass is 35.5. The molecule has 0 amide bonds. The van der Waals surface area contributed by atoms with E-state index in [1.807, 2.05) is 11.8 Å². The topological polar surface area (TPSA) is 80.6 Å². The maximum atomic E-state index is 16.3. The zero-order chi connectivity index (χ0) is 26.6. The number of aryl methyl sites for hydroxylation is 1. The second-order valence-electron chi connectivity index (χ2n) is 10.1. The molecule has 7 nitrogen and oxygen atoms in total. The number of aliphatic hydroxyl groups excluding tert-OH is 1. The normalized spacial score (nSPS) is 21.0. The predicted octanol–water partition coefficient (Wildman–Crippen LogP) is 5.53. The van der Waals surface area contributed by atoms with Gasteiger partial charge in [0.05, 0.1) is 11.5 Å². The molecule has 10 heteroatoms. The van der Waals surface area contributed by atoms with Crippen LogP contribution < -0.4 is 9.64 Å². The summed E-state index contributed by atoms with van der Waals surface area (Å²) in [6.45, 7) is 3.15. The van der Waals surface area contributed by atoms with Crippen LogP contribution in [0.3, 0.4) is 0 Å². The van der Waals surface area contributed by atoms with Gasteiger partial charge in [0.25, 0.3) is 0 Å². The second kappa shape index (κ2) is 9.87. The van der Waals surface area contributed by atoms with Crippen LogP contribution in [0.15, 0.2) is 30.5 Å². The Kier molecular flexibility index (Phi) is 6.53. The van der Waals surface area contributed by atoms with Crippen LogP contribution in [-0.2, 0) is 11.2 Å². The molecule has 1 N–H and O–H groups in total. The molecule has 38 heavy (non-hydrogen) atoms. The van der Waals surface area contributed by atoms with Crippen molar-refractivity contribution in [3.05, 3.63) is 52.9 Å². The molecule has 0 unspecified atom stereocenters. The van der Waals surface area contributed by atoms with E-state index in [1.54, 1.807) is 24.4 Å². The minimum Gasteiger partial charge on any atom is -0.468 e. The van der Waals surface area contributed by atoms with Gasteiger partial charge in [0.2, 0.25) is 5.28 Å². The van der Waals surface area contributed by atoms with Crippen LogP contribution in [0.4, 0.5) is 14.6 Å². The molecule has 0 spiro atoms. The number of hydrogen-bond donors (Lipinski definition) is 1. The fourth-order valence-corrected chi connectivity index (χ4v) is 6.24. The van der Waals surface area contributed by atoms with E-state index in [0.29, 0.717) is 64.3 Å². The summed E-state index contributed by atoms with van der Waals surface area (Å²) in [5.41, 5.74) is 0.899. The molecule has 2 aromatic carbocycles. The van der Waals surface area contributed by atoms with Gasteiger partial charge in [-0.05, 0) is 71.3 Å². The third kappa shape index (κ3) is 4.22. The van der Waals surface area contributed by atoms with E-state index in [4.69, 9.17) is 21.1 Å². The Morgan fingerprint density at radius 1 is 1.16 bits per heavy atom. The fraction of sp³-hybridized carbons (Fsp3) is 0.393. The quantitative estimate of drug-likeness (QED) is 0.254. The molecule has 2 fully saturated rings. The van der Waals surface area contributed by atoms with E-state index in [-0.39, 0.29) is 41.1 Å². The smallest absolute Gasteiger partial charge is 0.225 e. The molecule has 1 saturated heterocycles. The summed E-state index contributed by atoms with van der Waals surface area (Å²) in [6, 6.07) is 6.45. The molecule has 6 rings (SSSR count). The molecule has 3 atom stereocenters. The summed E-state index contributed by atoms with van der Waals surface area (Å²) in [4.78, 5) is 15.2. The van der Waals surface area contributed by atoms with Gasteiger partial charge < -0.3 is 19.5 Å². The largest absolute Gasteiger partial charge is 0.468 e. The van der Waals surface area contributed by atoms with Gasteiger partial charge in [-0.15, -0.1) is 0 Å². The van der Waals surface area contributed by atoms with Gasteiger partial charge in [-0.25, -0.2) is 13.8 Å². The number of aliphatic hydroxyl groups is 1. The molecule has 2 aliphatic rings. The minimum atomic E-state index is -0.676. The lowest BCUT2D eigenvalue weighted by Gasteiger charge is -2.33. The zero-order valence-corrected chi connectivity index (χ0v) is 21.8. The third-order valence-corrected chi connectivity index (χ3v) is 7.89. The number of aromatic nitrogens is 3. The molecule has 1 aliphatic carbocycles. The van der Waals surface area contributed by atoms with Gasteiger partial charge in [-0.3, -0.25) is 4.98 Å². The van der Waals surface area contributed by atoms with Crippen LogP contribution in [0, 0.1) is 23.5 Å². The number of methoxy groups -OCH3 is 1. The summed E-state index contributed by atoms with van der Waals surface area (Å²) in [5.74, 6) is 0.371. The Labute approximate surface area is 223 Å². The number of halogens is 3. The Balaban J connectivity index is 1.54. The highest BCUT2D eigenvalue weighted by molar-refractivity contribution is 6.28. The summed E-state index contributed by atoms with van der Waals surface area (Å²) in [7, 11) is 1.51. The van der Waals surface area contributed by atoms with Crippen LogP contribution >= 0.6 is 11.6 Å². The molecule has 2 bridgehead atoms. The number of nitrogens with zero attached hydrogens (tertiary/aromatic N) is 4. The first-order valence-corrected chi connectivity index (χ1v) is 13.1. The molecule has 1 saturated carbocycles. The summed E-state index contributed by atoms with van der Waals surface area (Å²) in [5, 5.41) is 12.0. The van der Waals surface area contributed by atoms with Crippen molar-refractivity contribution in [2.45, 2.75) is 32.3 Å². The summed E-state index contributed by atoms with van der Waals surface area (Å²) >= 11 is 6.31. The average Bonchev–Trinajstić information content (AvgIpc) is 3.17. The molecular formula is C28H27ClF2N4O3. The highest BCUT2D eigenvalue weighted by Gasteiger charge is 2.40. The van der Waals surface area contributed by atoms with E-state index >= 15 is 4.39 Å². The number of benzene rings is 2. The number of anilines is 1. The van der Waals surface area contributed by atoms with Crippen LogP contribution in [0.5, 0.6) is 5.75 Å². The van der Waals surface area contributed by atoms with E-state index in [9.17, 15) is 9.50 Å². The van der Waals surface area contributed by atoms with Crippen LogP contribution in [0.2, 0.25) is 5.28 Å². The van der Waals surface area contributed by atoms with Gasteiger partial charge in [-0.1, -0.05) is 13.0 Å². The lowest BCUT2D eigenvalue weighted by Crippen LogP contribution is -2.38. The maximum absolute atomic E-state index is 16.3. The molecule has 3 heterocycles. The van der Waals surface area contributed by atoms with Gasteiger partial charge in [0.15, 0.2) is 12.6 Å². The average molecular weight is 541 g/mol. The highest BCUT2D eigenvalue weighted by Crippen LogP contribution is 2.42. The molecule has 4 aromatic rings. The van der Waals surface area contributed by atoms with Gasteiger partial charge in [-0.2, -0.15) is 4.98 Å². The number of rotatable bonds is 6. The van der Waals surface area contributed by atoms with E-state index < -0.39 is 5.82 Å².